The van der Waals surface area contributed by atoms with E-state index in [1.165, 1.54) is 0 Å². The lowest BCUT2D eigenvalue weighted by Gasteiger charge is -2.11. The normalized spacial score (nSPS) is 11.8. The highest BCUT2D eigenvalue weighted by atomic mass is 79.9. The first-order valence-electron chi connectivity index (χ1n) is 5.45. The van der Waals surface area contributed by atoms with Gasteiger partial charge in [-0.05, 0) is 19.9 Å². The van der Waals surface area contributed by atoms with Crippen LogP contribution in [0.15, 0.2) is 24.3 Å². The second-order valence-corrected chi connectivity index (χ2v) is 7.24. The molecule has 0 heterocycles. The molecule has 17 heavy (non-hydrogen) atoms. The van der Waals surface area contributed by atoms with Gasteiger partial charge in [0, 0.05) is 10.9 Å². The number of alkyl halides is 1. The fourth-order valence-corrected chi connectivity index (χ4v) is 2.51. The van der Waals surface area contributed by atoms with Crippen molar-refractivity contribution in [2.45, 2.75) is 24.4 Å². The van der Waals surface area contributed by atoms with Crippen molar-refractivity contribution in [2.24, 2.45) is 0 Å². The van der Waals surface area contributed by atoms with E-state index in [1.807, 2.05) is 24.3 Å². The fourth-order valence-electron chi connectivity index (χ4n) is 1.26. The summed E-state index contributed by atoms with van der Waals surface area (Å²) >= 11 is 3.36. The molecule has 0 N–H and O–H groups in total. The molecule has 0 atom stereocenters. The molecule has 0 amide bonds. The third-order valence-electron chi connectivity index (χ3n) is 2.46. The number of rotatable bonds is 6. The molecular formula is C12H17BrO3S. The van der Waals surface area contributed by atoms with Crippen LogP contribution >= 0.6 is 15.9 Å². The SMILES string of the molecule is CC(C)S(=O)(=O)CCOc1ccccc1CBr. The van der Waals surface area contributed by atoms with Gasteiger partial charge in [0.2, 0.25) is 0 Å². The zero-order valence-corrected chi connectivity index (χ0v) is 12.4. The van der Waals surface area contributed by atoms with Gasteiger partial charge >= 0.3 is 0 Å². The van der Waals surface area contributed by atoms with Gasteiger partial charge in [0.05, 0.1) is 11.0 Å². The minimum absolute atomic E-state index is 0.0568. The van der Waals surface area contributed by atoms with Crippen LogP contribution in [0.25, 0.3) is 0 Å². The Hall–Kier alpha value is -0.550. The number of benzene rings is 1. The first kappa shape index (κ1) is 14.5. The molecule has 0 fully saturated rings. The van der Waals surface area contributed by atoms with Crippen LogP contribution in [-0.2, 0) is 15.2 Å². The van der Waals surface area contributed by atoms with Crippen LogP contribution in [0.1, 0.15) is 19.4 Å². The highest BCUT2D eigenvalue weighted by Gasteiger charge is 2.16. The predicted octanol–water partition coefficient (Wildman–Crippen LogP) is 2.78. The van der Waals surface area contributed by atoms with Gasteiger partial charge in [-0.25, -0.2) is 8.42 Å². The maximum absolute atomic E-state index is 11.6. The molecule has 0 bridgehead atoms. The fraction of sp³-hybridized carbons (Fsp3) is 0.500. The van der Waals surface area contributed by atoms with Crippen molar-refractivity contribution in [3.63, 3.8) is 0 Å². The van der Waals surface area contributed by atoms with E-state index in [9.17, 15) is 8.42 Å². The van der Waals surface area contributed by atoms with Crippen molar-refractivity contribution in [3.05, 3.63) is 29.8 Å². The Balaban J connectivity index is 2.57. The number of hydrogen-bond acceptors (Lipinski definition) is 3. The van der Waals surface area contributed by atoms with Gasteiger partial charge in [0.25, 0.3) is 0 Å². The molecule has 0 saturated carbocycles. The zero-order chi connectivity index (χ0) is 12.9. The summed E-state index contributed by atoms with van der Waals surface area (Å²) in [6.07, 6.45) is 0. The number of para-hydroxylation sites is 1. The predicted molar refractivity (Wildman–Crippen MR) is 73.5 cm³/mol. The van der Waals surface area contributed by atoms with Crippen molar-refractivity contribution in [2.75, 3.05) is 12.4 Å². The van der Waals surface area contributed by atoms with E-state index in [0.29, 0.717) is 5.33 Å². The topological polar surface area (TPSA) is 43.4 Å². The minimum Gasteiger partial charge on any atom is -0.492 e. The molecular weight excluding hydrogens is 304 g/mol. The quantitative estimate of drug-likeness (QED) is 0.757. The summed E-state index contributed by atoms with van der Waals surface area (Å²) in [5.41, 5.74) is 1.02. The van der Waals surface area contributed by atoms with Crippen molar-refractivity contribution in [3.8, 4) is 5.75 Å². The van der Waals surface area contributed by atoms with Gasteiger partial charge in [-0.2, -0.15) is 0 Å². The summed E-state index contributed by atoms with van der Waals surface area (Å²) in [6.45, 7) is 3.56. The van der Waals surface area contributed by atoms with E-state index in [-0.39, 0.29) is 17.6 Å². The smallest absolute Gasteiger partial charge is 0.155 e. The highest BCUT2D eigenvalue weighted by molar-refractivity contribution is 9.08. The summed E-state index contributed by atoms with van der Waals surface area (Å²) in [4.78, 5) is 0. The second-order valence-electron chi connectivity index (χ2n) is 4.01. The first-order valence-corrected chi connectivity index (χ1v) is 8.29. The Morgan fingerprint density at radius 2 is 1.94 bits per heavy atom. The van der Waals surface area contributed by atoms with E-state index in [2.05, 4.69) is 15.9 Å². The molecule has 0 aromatic heterocycles. The van der Waals surface area contributed by atoms with E-state index in [0.717, 1.165) is 11.3 Å². The van der Waals surface area contributed by atoms with Gasteiger partial charge in [0.15, 0.2) is 9.84 Å². The van der Waals surface area contributed by atoms with E-state index in [4.69, 9.17) is 4.74 Å². The lowest BCUT2D eigenvalue weighted by atomic mass is 10.2. The third-order valence-corrected chi connectivity index (χ3v) is 5.24. The average molecular weight is 321 g/mol. The molecule has 96 valence electrons. The molecule has 0 saturated heterocycles. The molecule has 1 aromatic rings. The van der Waals surface area contributed by atoms with Crippen molar-refractivity contribution in [1.29, 1.82) is 0 Å². The molecule has 0 aliphatic carbocycles. The molecule has 0 aliphatic heterocycles. The molecule has 0 aliphatic rings. The summed E-state index contributed by atoms with van der Waals surface area (Å²) in [6, 6.07) is 7.59. The van der Waals surface area contributed by atoms with Crippen LogP contribution in [0, 0.1) is 0 Å². The number of hydrogen-bond donors (Lipinski definition) is 0. The second kappa shape index (κ2) is 6.40. The largest absolute Gasteiger partial charge is 0.492 e. The number of sulfone groups is 1. The molecule has 0 radical (unpaired) electrons. The van der Waals surface area contributed by atoms with Gasteiger partial charge in [0.1, 0.15) is 12.4 Å². The molecule has 0 spiro atoms. The summed E-state index contributed by atoms with van der Waals surface area (Å²) in [5.74, 6) is 0.796. The summed E-state index contributed by atoms with van der Waals surface area (Å²) in [7, 11) is -3.02. The van der Waals surface area contributed by atoms with Crippen molar-refractivity contribution < 1.29 is 13.2 Å². The Bertz CT molecular complexity index is 455. The monoisotopic (exact) mass is 320 g/mol. The van der Waals surface area contributed by atoms with E-state index in [1.54, 1.807) is 13.8 Å². The first-order chi connectivity index (χ1) is 7.97. The highest BCUT2D eigenvalue weighted by Crippen LogP contribution is 2.20. The van der Waals surface area contributed by atoms with Gasteiger partial charge in [-0.15, -0.1) is 0 Å². The van der Waals surface area contributed by atoms with E-state index >= 15 is 0 Å². The summed E-state index contributed by atoms with van der Waals surface area (Å²) in [5, 5.41) is 0.345. The molecule has 1 rings (SSSR count). The number of halogens is 1. The van der Waals surface area contributed by atoms with Crippen LogP contribution in [0.2, 0.25) is 0 Å². The standard InChI is InChI=1S/C12H17BrO3S/c1-10(2)17(14,15)8-7-16-12-6-4-3-5-11(12)9-13/h3-6,10H,7-9H2,1-2H3. The maximum atomic E-state index is 11.6. The minimum atomic E-state index is -3.02. The third kappa shape index (κ3) is 4.32. The van der Waals surface area contributed by atoms with Crippen LogP contribution in [-0.4, -0.2) is 26.0 Å². The molecule has 3 nitrogen and oxygen atoms in total. The molecule has 1 aromatic carbocycles. The van der Waals surface area contributed by atoms with Crippen LogP contribution in [0.5, 0.6) is 5.75 Å². The summed E-state index contributed by atoms with van der Waals surface area (Å²) < 4.78 is 28.7. The average Bonchev–Trinajstić information content (AvgIpc) is 2.29. The Labute approximate surface area is 111 Å². The van der Waals surface area contributed by atoms with Crippen LogP contribution in [0.4, 0.5) is 0 Å². The van der Waals surface area contributed by atoms with Crippen molar-refractivity contribution >= 4 is 25.8 Å². The lowest BCUT2D eigenvalue weighted by molar-refractivity contribution is 0.338. The number of ether oxygens (including phenoxy) is 1. The Morgan fingerprint density at radius 3 is 2.53 bits per heavy atom. The molecule has 5 heteroatoms. The van der Waals surface area contributed by atoms with Gasteiger partial charge in [-0.3, -0.25) is 0 Å². The van der Waals surface area contributed by atoms with E-state index < -0.39 is 9.84 Å². The van der Waals surface area contributed by atoms with Crippen LogP contribution < -0.4 is 4.74 Å². The van der Waals surface area contributed by atoms with Gasteiger partial charge < -0.3 is 4.74 Å². The van der Waals surface area contributed by atoms with Gasteiger partial charge in [-0.1, -0.05) is 34.1 Å². The van der Waals surface area contributed by atoms with Crippen LogP contribution in [0.3, 0.4) is 0 Å². The maximum Gasteiger partial charge on any atom is 0.155 e. The van der Waals surface area contributed by atoms with Crippen molar-refractivity contribution in [1.82, 2.24) is 0 Å². The molecule has 0 unspecified atom stereocenters. The lowest BCUT2D eigenvalue weighted by Crippen LogP contribution is -2.22. The zero-order valence-electron chi connectivity index (χ0n) is 10.0. The Kier molecular flexibility index (Phi) is 5.46. The Morgan fingerprint density at radius 1 is 1.29 bits per heavy atom.